The van der Waals surface area contributed by atoms with Gasteiger partial charge in [-0.15, -0.1) is 0 Å². The quantitative estimate of drug-likeness (QED) is 0.762. The molecule has 0 radical (unpaired) electrons. The van der Waals surface area contributed by atoms with E-state index in [1.165, 1.54) is 0 Å². The molecule has 7 heteroatoms. The Hall–Kier alpha value is -2.41. The van der Waals surface area contributed by atoms with Crippen LogP contribution in [0.5, 0.6) is 0 Å². The van der Waals surface area contributed by atoms with Crippen LogP contribution in [0, 0.1) is 0 Å². The van der Waals surface area contributed by atoms with Crippen molar-refractivity contribution in [1.82, 2.24) is 24.1 Å². The lowest BCUT2D eigenvalue weighted by molar-refractivity contribution is -0.119. The maximum Gasteiger partial charge on any atom is 0.274 e. The molecular formula is C16H21N5O2. The van der Waals surface area contributed by atoms with Crippen LogP contribution in [0.25, 0.3) is 5.65 Å². The number of aromatic nitrogens is 2. The fourth-order valence-corrected chi connectivity index (χ4v) is 2.85. The number of hydrogen-bond donors (Lipinski definition) is 0. The molecule has 1 fully saturated rings. The zero-order valence-corrected chi connectivity index (χ0v) is 13.5. The average molecular weight is 315 g/mol. The van der Waals surface area contributed by atoms with Gasteiger partial charge in [0.2, 0.25) is 6.41 Å². The molecular weight excluding hydrogens is 294 g/mol. The van der Waals surface area contributed by atoms with Gasteiger partial charge < -0.3 is 19.1 Å². The van der Waals surface area contributed by atoms with E-state index in [0.29, 0.717) is 38.4 Å². The van der Waals surface area contributed by atoms with E-state index in [0.717, 1.165) is 17.8 Å². The predicted octanol–water partition coefficient (Wildman–Crippen LogP) is 0.310. The Balaban J connectivity index is 1.92. The van der Waals surface area contributed by atoms with Crippen molar-refractivity contribution in [1.29, 1.82) is 0 Å². The summed E-state index contributed by atoms with van der Waals surface area (Å²) in [5.41, 5.74) is 2.18. The molecule has 1 saturated heterocycles. The molecule has 2 aromatic rings. The lowest BCUT2D eigenvalue weighted by Gasteiger charge is -2.32. The molecule has 0 N–H and O–H groups in total. The first-order valence-electron chi connectivity index (χ1n) is 7.69. The number of nitrogens with zero attached hydrogens (tertiary/aromatic N) is 5. The fraction of sp³-hybridized carbons (Fsp3) is 0.438. The summed E-state index contributed by atoms with van der Waals surface area (Å²) in [5, 5.41) is 0. The van der Waals surface area contributed by atoms with Crippen LogP contribution < -0.4 is 0 Å². The number of carbonyl (C=O) groups is 2. The number of rotatable bonds is 4. The molecule has 3 rings (SSSR count). The SMILES string of the molecule is CN(C)Cc1c(C(=O)N2CCN(C=O)CC2)nc2ccccn12. The first kappa shape index (κ1) is 15.5. The molecule has 3 heterocycles. The highest BCUT2D eigenvalue weighted by Gasteiger charge is 2.26. The highest BCUT2D eigenvalue weighted by molar-refractivity contribution is 5.94. The second-order valence-corrected chi connectivity index (χ2v) is 6.01. The summed E-state index contributed by atoms with van der Waals surface area (Å²) in [7, 11) is 3.94. The molecule has 0 bridgehead atoms. The van der Waals surface area contributed by atoms with Crippen LogP contribution in [-0.2, 0) is 11.3 Å². The summed E-state index contributed by atoms with van der Waals surface area (Å²) in [6, 6.07) is 5.75. The van der Waals surface area contributed by atoms with E-state index in [-0.39, 0.29) is 5.91 Å². The van der Waals surface area contributed by atoms with Gasteiger partial charge in [-0.2, -0.15) is 0 Å². The monoisotopic (exact) mass is 315 g/mol. The van der Waals surface area contributed by atoms with Gasteiger partial charge in [0, 0.05) is 38.9 Å². The minimum atomic E-state index is -0.0592. The molecule has 23 heavy (non-hydrogen) atoms. The van der Waals surface area contributed by atoms with Gasteiger partial charge in [0.25, 0.3) is 5.91 Å². The topological polar surface area (TPSA) is 61.2 Å². The van der Waals surface area contributed by atoms with Crippen molar-refractivity contribution in [3.05, 3.63) is 35.8 Å². The lowest BCUT2D eigenvalue weighted by Crippen LogP contribution is -2.48. The number of pyridine rings is 1. The molecule has 0 saturated carbocycles. The fourth-order valence-electron chi connectivity index (χ4n) is 2.85. The number of piperazine rings is 1. The normalized spacial score (nSPS) is 15.4. The van der Waals surface area contributed by atoms with E-state index in [1.54, 1.807) is 9.80 Å². The van der Waals surface area contributed by atoms with Crippen LogP contribution in [0.4, 0.5) is 0 Å². The van der Waals surface area contributed by atoms with Crippen molar-refractivity contribution < 1.29 is 9.59 Å². The van der Waals surface area contributed by atoms with E-state index >= 15 is 0 Å². The van der Waals surface area contributed by atoms with E-state index in [1.807, 2.05) is 47.8 Å². The van der Waals surface area contributed by atoms with Crippen molar-refractivity contribution in [2.75, 3.05) is 40.3 Å². The van der Waals surface area contributed by atoms with Crippen molar-refractivity contribution in [2.24, 2.45) is 0 Å². The van der Waals surface area contributed by atoms with Crippen molar-refractivity contribution >= 4 is 18.0 Å². The Morgan fingerprint density at radius 2 is 2.00 bits per heavy atom. The third kappa shape index (κ3) is 3.05. The Labute approximate surface area is 135 Å². The van der Waals surface area contributed by atoms with Crippen molar-refractivity contribution in [3.8, 4) is 0 Å². The van der Waals surface area contributed by atoms with Gasteiger partial charge in [-0.25, -0.2) is 4.98 Å². The molecule has 0 aliphatic carbocycles. The molecule has 7 nitrogen and oxygen atoms in total. The van der Waals surface area contributed by atoms with Gasteiger partial charge in [0.1, 0.15) is 5.65 Å². The van der Waals surface area contributed by atoms with Gasteiger partial charge in [0.15, 0.2) is 5.69 Å². The summed E-state index contributed by atoms with van der Waals surface area (Å²) < 4.78 is 1.97. The molecule has 0 spiro atoms. The molecule has 0 unspecified atom stereocenters. The summed E-state index contributed by atoms with van der Waals surface area (Å²) in [5.74, 6) is -0.0592. The second-order valence-electron chi connectivity index (χ2n) is 6.01. The third-order valence-corrected chi connectivity index (χ3v) is 4.05. The van der Waals surface area contributed by atoms with E-state index < -0.39 is 0 Å². The van der Waals surface area contributed by atoms with Crippen LogP contribution in [0.2, 0.25) is 0 Å². The highest BCUT2D eigenvalue weighted by atomic mass is 16.2. The first-order valence-corrected chi connectivity index (χ1v) is 7.69. The van der Waals surface area contributed by atoms with Crippen LogP contribution >= 0.6 is 0 Å². The standard InChI is InChI=1S/C16H21N5O2/c1-18(2)11-13-15(17-14-5-3-4-6-21(13)14)16(23)20-9-7-19(12-22)8-10-20/h3-6,12H,7-11H2,1-2H3. The summed E-state index contributed by atoms with van der Waals surface area (Å²) in [4.78, 5) is 33.7. The molecule has 0 atom stereocenters. The number of imidazole rings is 1. The maximum atomic E-state index is 12.9. The van der Waals surface area contributed by atoms with Crippen molar-refractivity contribution in [2.45, 2.75) is 6.54 Å². The van der Waals surface area contributed by atoms with Gasteiger partial charge in [-0.3, -0.25) is 9.59 Å². The van der Waals surface area contributed by atoms with Crippen LogP contribution in [-0.4, -0.2) is 76.7 Å². The Bertz CT molecular complexity index is 716. The van der Waals surface area contributed by atoms with Crippen molar-refractivity contribution in [3.63, 3.8) is 0 Å². The van der Waals surface area contributed by atoms with Gasteiger partial charge in [-0.1, -0.05) is 6.07 Å². The maximum absolute atomic E-state index is 12.9. The Morgan fingerprint density at radius 3 is 2.65 bits per heavy atom. The number of amides is 2. The zero-order chi connectivity index (χ0) is 16.4. The smallest absolute Gasteiger partial charge is 0.274 e. The number of carbonyl (C=O) groups excluding carboxylic acids is 2. The Morgan fingerprint density at radius 1 is 1.26 bits per heavy atom. The van der Waals surface area contributed by atoms with Crippen LogP contribution in [0.15, 0.2) is 24.4 Å². The molecule has 2 amide bonds. The third-order valence-electron chi connectivity index (χ3n) is 4.05. The van der Waals surface area contributed by atoms with Crippen LogP contribution in [0.3, 0.4) is 0 Å². The Kier molecular flexibility index (Phi) is 4.29. The second kappa shape index (κ2) is 6.37. The minimum Gasteiger partial charge on any atom is -0.342 e. The van der Waals surface area contributed by atoms with Gasteiger partial charge in [0.05, 0.1) is 5.69 Å². The van der Waals surface area contributed by atoms with E-state index in [2.05, 4.69) is 4.98 Å². The summed E-state index contributed by atoms with van der Waals surface area (Å²) in [6.45, 7) is 2.89. The first-order chi connectivity index (χ1) is 11.1. The summed E-state index contributed by atoms with van der Waals surface area (Å²) in [6.07, 6.45) is 2.77. The molecule has 1 aliphatic heterocycles. The van der Waals surface area contributed by atoms with E-state index in [4.69, 9.17) is 0 Å². The molecule has 0 aromatic carbocycles. The molecule has 122 valence electrons. The lowest BCUT2D eigenvalue weighted by atomic mass is 10.2. The van der Waals surface area contributed by atoms with Gasteiger partial charge in [-0.05, 0) is 26.2 Å². The van der Waals surface area contributed by atoms with Crippen LogP contribution in [0.1, 0.15) is 16.2 Å². The molecule has 1 aliphatic rings. The predicted molar refractivity (Wildman–Crippen MR) is 86.1 cm³/mol. The molecule has 2 aromatic heterocycles. The number of hydrogen-bond acceptors (Lipinski definition) is 4. The summed E-state index contributed by atoms with van der Waals surface area (Å²) >= 11 is 0. The zero-order valence-electron chi connectivity index (χ0n) is 13.5. The van der Waals surface area contributed by atoms with E-state index in [9.17, 15) is 9.59 Å². The largest absolute Gasteiger partial charge is 0.342 e. The average Bonchev–Trinajstić information content (AvgIpc) is 2.92. The minimum absolute atomic E-state index is 0.0592. The highest BCUT2D eigenvalue weighted by Crippen LogP contribution is 2.17. The van der Waals surface area contributed by atoms with Gasteiger partial charge >= 0.3 is 0 Å². The number of fused-ring (bicyclic) bond motifs is 1.